The number of hydrogen-bond acceptors (Lipinski definition) is 0. The molecule has 0 spiro atoms. The minimum absolute atomic E-state index is 1.75. The Morgan fingerprint density at radius 3 is 1.89 bits per heavy atom. The molecular formula is C9H16. The summed E-state index contributed by atoms with van der Waals surface area (Å²) < 4.78 is 0. The van der Waals surface area contributed by atoms with Crippen LogP contribution in [0.5, 0.6) is 0 Å². The van der Waals surface area contributed by atoms with Gasteiger partial charge in [0.25, 0.3) is 0 Å². The summed E-state index contributed by atoms with van der Waals surface area (Å²) in [6.45, 7) is 9.49. The topological polar surface area (TPSA) is 0 Å². The van der Waals surface area contributed by atoms with E-state index >= 15 is 0 Å². The monoisotopic (exact) mass is 124 g/mol. The molecule has 0 nitrogen and oxygen atoms in total. The summed E-state index contributed by atoms with van der Waals surface area (Å²) in [4.78, 5) is 0. The van der Waals surface area contributed by atoms with E-state index in [1.807, 2.05) is 45.1 Å². The lowest BCUT2D eigenvalue weighted by Crippen LogP contribution is -1.43. The van der Waals surface area contributed by atoms with Crippen molar-refractivity contribution in [2.45, 2.75) is 20.8 Å². The predicted molar refractivity (Wildman–Crippen MR) is 45.5 cm³/mol. The lowest BCUT2D eigenvalue weighted by Gasteiger charge is -1.65. The fourth-order valence-electron chi connectivity index (χ4n) is 0.254. The van der Waals surface area contributed by atoms with Gasteiger partial charge in [-0.1, -0.05) is 50.8 Å². The highest BCUT2D eigenvalue weighted by atomic mass is 13.6. The molecule has 0 aliphatic heterocycles. The zero-order valence-corrected chi connectivity index (χ0v) is 6.59. The van der Waals surface area contributed by atoms with Crippen LogP contribution in [0.25, 0.3) is 0 Å². The van der Waals surface area contributed by atoms with Crippen LogP contribution in [-0.2, 0) is 0 Å². The maximum absolute atomic E-state index is 3.51. The molecule has 0 aromatic rings. The van der Waals surface area contributed by atoms with Gasteiger partial charge in [-0.05, 0) is 6.92 Å². The zero-order valence-electron chi connectivity index (χ0n) is 6.59. The standard InChI is InChI=1S/C7H10.C2H6/c1-3-5-7-6-4-2;1-2/h3-7H,1H2,2H3;1-2H3/b6-4+,7-5-;. The minimum Gasteiger partial charge on any atom is -0.0991 e. The zero-order chi connectivity index (χ0) is 7.54. The van der Waals surface area contributed by atoms with Crippen LogP contribution in [0.15, 0.2) is 37.0 Å². The molecule has 0 atom stereocenters. The Labute approximate surface area is 58.6 Å². The van der Waals surface area contributed by atoms with E-state index in [1.165, 1.54) is 0 Å². The molecule has 0 fully saturated rings. The lowest BCUT2D eigenvalue weighted by molar-refractivity contribution is 1.50. The van der Waals surface area contributed by atoms with E-state index in [0.717, 1.165) is 0 Å². The number of allylic oxidation sites excluding steroid dienone is 5. The van der Waals surface area contributed by atoms with Gasteiger partial charge in [0, 0.05) is 0 Å². The van der Waals surface area contributed by atoms with Crippen molar-refractivity contribution in [2.75, 3.05) is 0 Å². The summed E-state index contributed by atoms with van der Waals surface area (Å²) in [6, 6.07) is 0. The van der Waals surface area contributed by atoms with Gasteiger partial charge in [-0.15, -0.1) is 0 Å². The summed E-state index contributed by atoms with van der Waals surface area (Å²) in [5.41, 5.74) is 0. The summed E-state index contributed by atoms with van der Waals surface area (Å²) in [5, 5.41) is 0. The van der Waals surface area contributed by atoms with E-state index in [9.17, 15) is 0 Å². The van der Waals surface area contributed by atoms with Crippen LogP contribution < -0.4 is 0 Å². The van der Waals surface area contributed by atoms with Crippen molar-refractivity contribution >= 4 is 0 Å². The molecule has 0 heterocycles. The molecule has 9 heavy (non-hydrogen) atoms. The summed E-state index contributed by atoms with van der Waals surface area (Å²) >= 11 is 0. The third-order valence-electron chi connectivity index (χ3n) is 0.551. The Morgan fingerprint density at radius 1 is 1.00 bits per heavy atom. The molecule has 0 unspecified atom stereocenters. The summed E-state index contributed by atoms with van der Waals surface area (Å²) in [7, 11) is 0. The first-order valence-electron chi connectivity index (χ1n) is 3.32. The fraction of sp³-hybridized carbons (Fsp3) is 0.333. The average molecular weight is 124 g/mol. The first kappa shape index (κ1) is 11.1. The number of rotatable bonds is 2. The predicted octanol–water partition coefficient (Wildman–Crippen LogP) is 3.33. The molecular weight excluding hydrogens is 108 g/mol. The maximum Gasteiger partial charge on any atom is -0.0467 e. The average Bonchev–Trinajstić information content (AvgIpc) is 1.94. The quantitative estimate of drug-likeness (QED) is 0.495. The van der Waals surface area contributed by atoms with Gasteiger partial charge in [0.2, 0.25) is 0 Å². The van der Waals surface area contributed by atoms with Crippen molar-refractivity contribution < 1.29 is 0 Å². The van der Waals surface area contributed by atoms with E-state index in [2.05, 4.69) is 6.58 Å². The summed E-state index contributed by atoms with van der Waals surface area (Å²) in [6.07, 6.45) is 9.51. The Balaban J connectivity index is 0. The largest absolute Gasteiger partial charge is 0.0991 e. The Kier molecular flexibility index (Phi) is 19.3. The van der Waals surface area contributed by atoms with Crippen LogP contribution in [0.4, 0.5) is 0 Å². The van der Waals surface area contributed by atoms with Crippen molar-refractivity contribution in [1.82, 2.24) is 0 Å². The van der Waals surface area contributed by atoms with Gasteiger partial charge in [0.1, 0.15) is 0 Å². The fourth-order valence-corrected chi connectivity index (χ4v) is 0.254. The van der Waals surface area contributed by atoms with E-state index in [1.54, 1.807) is 6.08 Å². The van der Waals surface area contributed by atoms with Crippen LogP contribution in [-0.4, -0.2) is 0 Å². The van der Waals surface area contributed by atoms with Crippen LogP contribution >= 0.6 is 0 Å². The second-order valence-electron chi connectivity index (χ2n) is 1.15. The van der Waals surface area contributed by atoms with Crippen molar-refractivity contribution in [1.29, 1.82) is 0 Å². The second-order valence-corrected chi connectivity index (χ2v) is 1.15. The van der Waals surface area contributed by atoms with E-state index in [4.69, 9.17) is 0 Å². The lowest BCUT2D eigenvalue weighted by atomic mass is 10.4. The maximum atomic E-state index is 3.51. The molecule has 0 saturated heterocycles. The van der Waals surface area contributed by atoms with Gasteiger partial charge in [-0.2, -0.15) is 0 Å². The molecule has 0 amide bonds. The first-order valence-corrected chi connectivity index (χ1v) is 3.32. The molecule has 0 radical (unpaired) electrons. The third kappa shape index (κ3) is 19.0. The van der Waals surface area contributed by atoms with Gasteiger partial charge in [0.15, 0.2) is 0 Å². The molecule has 0 aliphatic carbocycles. The van der Waals surface area contributed by atoms with Crippen LogP contribution in [0.1, 0.15) is 20.8 Å². The normalized spacial score (nSPS) is 9.22. The Bertz CT molecular complexity index is 86.2. The van der Waals surface area contributed by atoms with Crippen molar-refractivity contribution in [3.63, 3.8) is 0 Å². The molecule has 0 bridgehead atoms. The summed E-state index contributed by atoms with van der Waals surface area (Å²) in [5.74, 6) is 0. The molecule has 0 aliphatic rings. The van der Waals surface area contributed by atoms with E-state index in [0.29, 0.717) is 0 Å². The highest BCUT2D eigenvalue weighted by Crippen LogP contribution is 1.74. The van der Waals surface area contributed by atoms with Crippen LogP contribution in [0.3, 0.4) is 0 Å². The molecule has 0 heteroatoms. The smallest absolute Gasteiger partial charge is 0.0467 e. The first-order chi connectivity index (χ1) is 4.41. The molecule has 0 rings (SSSR count). The minimum atomic E-state index is 1.75. The highest BCUT2D eigenvalue weighted by molar-refractivity contribution is 5.07. The van der Waals surface area contributed by atoms with Gasteiger partial charge < -0.3 is 0 Å². The van der Waals surface area contributed by atoms with E-state index < -0.39 is 0 Å². The van der Waals surface area contributed by atoms with E-state index in [-0.39, 0.29) is 0 Å². The highest BCUT2D eigenvalue weighted by Gasteiger charge is 1.52. The molecule has 52 valence electrons. The van der Waals surface area contributed by atoms with Crippen molar-refractivity contribution in [2.24, 2.45) is 0 Å². The third-order valence-corrected chi connectivity index (χ3v) is 0.551. The van der Waals surface area contributed by atoms with Gasteiger partial charge in [-0.25, -0.2) is 0 Å². The van der Waals surface area contributed by atoms with Gasteiger partial charge in [0.05, 0.1) is 0 Å². The van der Waals surface area contributed by atoms with Crippen molar-refractivity contribution in [3.8, 4) is 0 Å². The van der Waals surface area contributed by atoms with Gasteiger partial charge in [-0.3, -0.25) is 0 Å². The van der Waals surface area contributed by atoms with Gasteiger partial charge >= 0.3 is 0 Å². The second kappa shape index (κ2) is 15.7. The molecule has 0 aromatic carbocycles. The SMILES string of the molecule is C=C/C=C\C=C\C.CC. The molecule has 0 aromatic heterocycles. The van der Waals surface area contributed by atoms with Crippen LogP contribution in [0.2, 0.25) is 0 Å². The molecule has 0 N–H and O–H groups in total. The van der Waals surface area contributed by atoms with Crippen molar-refractivity contribution in [3.05, 3.63) is 37.0 Å². The Morgan fingerprint density at radius 2 is 1.56 bits per heavy atom. The number of hydrogen-bond donors (Lipinski definition) is 0. The van der Waals surface area contributed by atoms with Crippen LogP contribution in [0, 0.1) is 0 Å². The molecule has 0 saturated carbocycles. The Hall–Kier alpha value is -0.780.